The molecule has 1 N–H and O–H groups in total. The van der Waals surface area contributed by atoms with Gasteiger partial charge < -0.3 is 10.1 Å². The lowest BCUT2D eigenvalue weighted by atomic mass is 10.0. The van der Waals surface area contributed by atoms with Crippen molar-refractivity contribution < 1.29 is 22.7 Å². The first-order chi connectivity index (χ1) is 11.8. The van der Waals surface area contributed by atoms with E-state index in [0.29, 0.717) is 30.6 Å². The van der Waals surface area contributed by atoms with Crippen LogP contribution < -0.4 is 5.32 Å². The molecule has 25 heavy (non-hydrogen) atoms. The summed E-state index contributed by atoms with van der Waals surface area (Å²) in [6.45, 7) is 4.27. The smallest absolute Gasteiger partial charge is 0.310 e. The zero-order valence-electron chi connectivity index (χ0n) is 14.3. The van der Waals surface area contributed by atoms with Gasteiger partial charge in [0.2, 0.25) is 15.9 Å². The maximum absolute atomic E-state index is 13.0. The SMILES string of the molecule is CCOC(=O)[C@@H]1CCCN(S(=O)(=O)c2ccc3c(c2)[C@H](C)C(=O)N3)C1. The van der Waals surface area contributed by atoms with E-state index in [4.69, 9.17) is 4.74 Å². The molecule has 136 valence electrons. The maximum Gasteiger partial charge on any atom is 0.310 e. The van der Waals surface area contributed by atoms with E-state index >= 15 is 0 Å². The fourth-order valence-electron chi connectivity index (χ4n) is 3.32. The Bertz CT molecular complexity index is 805. The Balaban J connectivity index is 1.85. The summed E-state index contributed by atoms with van der Waals surface area (Å²) in [5.41, 5.74) is 1.34. The second-order valence-corrected chi connectivity index (χ2v) is 8.35. The van der Waals surface area contributed by atoms with Crippen molar-refractivity contribution >= 4 is 27.6 Å². The second-order valence-electron chi connectivity index (χ2n) is 6.41. The van der Waals surface area contributed by atoms with Crippen molar-refractivity contribution in [2.75, 3.05) is 25.0 Å². The van der Waals surface area contributed by atoms with E-state index in [1.807, 2.05) is 0 Å². The number of carbonyl (C=O) groups is 2. The second kappa shape index (κ2) is 6.76. The van der Waals surface area contributed by atoms with E-state index in [1.165, 1.54) is 10.4 Å². The van der Waals surface area contributed by atoms with Crippen molar-refractivity contribution in [3.8, 4) is 0 Å². The third kappa shape index (κ3) is 3.28. The number of anilines is 1. The fourth-order valence-corrected chi connectivity index (χ4v) is 4.88. The Kier molecular flexibility index (Phi) is 4.83. The lowest BCUT2D eigenvalue weighted by molar-refractivity contribution is -0.149. The van der Waals surface area contributed by atoms with Crippen molar-refractivity contribution in [1.29, 1.82) is 0 Å². The van der Waals surface area contributed by atoms with Crippen LogP contribution in [0.1, 0.15) is 38.2 Å². The van der Waals surface area contributed by atoms with Gasteiger partial charge in [-0.25, -0.2) is 8.42 Å². The number of carbonyl (C=O) groups excluding carboxylic acids is 2. The number of hydrogen-bond acceptors (Lipinski definition) is 5. The van der Waals surface area contributed by atoms with Gasteiger partial charge in [-0.3, -0.25) is 9.59 Å². The highest BCUT2D eigenvalue weighted by Crippen LogP contribution is 2.35. The third-order valence-corrected chi connectivity index (χ3v) is 6.64. The van der Waals surface area contributed by atoms with E-state index in [9.17, 15) is 18.0 Å². The molecule has 0 saturated carbocycles. The molecular weight excluding hydrogens is 344 g/mol. The van der Waals surface area contributed by atoms with Gasteiger partial charge in [0.25, 0.3) is 0 Å². The first-order valence-corrected chi connectivity index (χ1v) is 9.90. The first-order valence-electron chi connectivity index (χ1n) is 8.46. The number of nitrogens with zero attached hydrogens (tertiary/aromatic N) is 1. The minimum atomic E-state index is -3.72. The summed E-state index contributed by atoms with van der Waals surface area (Å²) in [7, 11) is -3.72. The van der Waals surface area contributed by atoms with Crippen LogP contribution in [0.3, 0.4) is 0 Å². The van der Waals surface area contributed by atoms with Gasteiger partial charge in [0, 0.05) is 18.8 Å². The Morgan fingerprint density at radius 3 is 2.88 bits per heavy atom. The van der Waals surface area contributed by atoms with Crippen LogP contribution in [-0.4, -0.2) is 44.3 Å². The highest BCUT2D eigenvalue weighted by molar-refractivity contribution is 7.89. The van der Waals surface area contributed by atoms with Crippen molar-refractivity contribution in [3.63, 3.8) is 0 Å². The number of piperidine rings is 1. The predicted octanol–water partition coefficient (Wildman–Crippen LogP) is 1.71. The van der Waals surface area contributed by atoms with E-state index in [0.717, 1.165) is 0 Å². The largest absolute Gasteiger partial charge is 0.466 e. The van der Waals surface area contributed by atoms with Gasteiger partial charge in [0.05, 0.1) is 23.3 Å². The minimum absolute atomic E-state index is 0.130. The van der Waals surface area contributed by atoms with Gasteiger partial charge in [-0.1, -0.05) is 0 Å². The molecule has 0 spiro atoms. The van der Waals surface area contributed by atoms with Gasteiger partial charge in [0.15, 0.2) is 0 Å². The number of ether oxygens (including phenoxy) is 1. The van der Waals surface area contributed by atoms with Crippen LogP contribution in [0.5, 0.6) is 0 Å². The van der Waals surface area contributed by atoms with Crippen LogP contribution in [0.25, 0.3) is 0 Å². The zero-order valence-corrected chi connectivity index (χ0v) is 15.1. The average Bonchev–Trinajstić information content (AvgIpc) is 2.89. The molecule has 0 radical (unpaired) electrons. The number of fused-ring (bicyclic) bond motifs is 1. The molecule has 0 aliphatic carbocycles. The van der Waals surface area contributed by atoms with Crippen molar-refractivity contribution in [1.82, 2.24) is 4.31 Å². The molecule has 2 heterocycles. The lowest BCUT2D eigenvalue weighted by Crippen LogP contribution is -2.42. The summed E-state index contributed by atoms with van der Waals surface area (Å²) >= 11 is 0. The molecule has 2 aliphatic rings. The van der Waals surface area contributed by atoms with Gasteiger partial charge in [-0.15, -0.1) is 0 Å². The molecule has 3 rings (SSSR count). The van der Waals surface area contributed by atoms with E-state index < -0.39 is 15.9 Å². The number of benzene rings is 1. The Hall–Kier alpha value is -1.93. The van der Waals surface area contributed by atoms with Crippen LogP contribution in [0.2, 0.25) is 0 Å². The Labute approximate surface area is 147 Å². The molecule has 7 nitrogen and oxygen atoms in total. The number of sulfonamides is 1. The van der Waals surface area contributed by atoms with E-state index in [2.05, 4.69) is 5.32 Å². The number of amides is 1. The summed E-state index contributed by atoms with van der Waals surface area (Å²) < 4.78 is 32.3. The molecule has 8 heteroatoms. The normalized spacial score (nSPS) is 23.8. The van der Waals surface area contributed by atoms with E-state index in [1.54, 1.807) is 26.0 Å². The molecule has 1 fully saturated rings. The van der Waals surface area contributed by atoms with Gasteiger partial charge in [0.1, 0.15) is 0 Å². The molecular formula is C17H22N2O5S. The van der Waals surface area contributed by atoms with Crippen LogP contribution in [0, 0.1) is 5.92 Å². The summed E-state index contributed by atoms with van der Waals surface area (Å²) in [6.07, 6.45) is 1.24. The molecule has 1 aromatic carbocycles. The predicted molar refractivity (Wildman–Crippen MR) is 91.6 cm³/mol. The molecule has 0 aromatic heterocycles. The molecule has 0 unspecified atom stereocenters. The van der Waals surface area contributed by atoms with Gasteiger partial charge in [-0.05, 0) is 50.5 Å². The fraction of sp³-hybridized carbons (Fsp3) is 0.529. The van der Waals surface area contributed by atoms with Gasteiger partial charge in [-0.2, -0.15) is 4.31 Å². The molecule has 2 atom stereocenters. The van der Waals surface area contributed by atoms with Crippen molar-refractivity contribution in [2.45, 2.75) is 37.5 Å². The third-order valence-electron chi connectivity index (χ3n) is 4.78. The zero-order chi connectivity index (χ0) is 18.2. The minimum Gasteiger partial charge on any atom is -0.466 e. The summed E-state index contributed by atoms with van der Waals surface area (Å²) in [4.78, 5) is 23.9. The highest BCUT2D eigenvalue weighted by atomic mass is 32.2. The lowest BCUT2D eigenvalue weighted by Gasteiger charge is -2.30. The number of esters is 1. The standard InChI is InChI=1S/C17H22N2O5S/c1-3-24-17(21)12-5-4-8-19(10-12)25(22,23)13-6-7-15-14(9-13)11(2)16(20)18-15/h6-7,9,11-12H,3-5,8,10H2,1-2H3,(H,18,20)/t11-,12+/m0/s1. The maximum atomic E-state index is 13.0. The highest BCUT2D eigenvalue weighted by Gasteiger charge is 2.35. The molecule has 1 amide bonds. The van der Waals surface area contributed by atoms with Crippen LogP contribution in [0.4, 0.5) is 5.69 Å². The molecule has 2 aliphatic heterocycles. The Morgan fingerprint density at radius 2 is 2.16 bits per heavy atom. The molecule has 0 bridgehead atoms. The van der Waals surface area contributed by atoms with Crippen LogP contribution >= 0.6 is 0 Å². The first kappa shape index (κ1) is 17.9. The quantitative estimate of drug-likeness (QED) is 0.819. The van der Waals surface area contributed by atoms with Crippen molar-refractivity contribution in [2.24, 2.45) is 5.92 Å². The number of nitrogens with one attached hydrogen (secondary N) is 1. The number of hydrogen-bond donors (Lipinski definition) is 1. The molecule has 1 aromatic rings. The van der Waals surface area contributed by atoms with Crippen molar-refractivity contribution in [3.05, 3.63) is 23.8 Å². The van der Waals surface area contributed by atoms with Crippen LogP contribution in [0.15, 0.2) is 23.1 Å². The summed E-state index contributed by atoms with van der Waals surface area (Å²) in [6, 6.07) is 4.68. The van der Waals surface area contributed by atoms with Gasteiger partial charge >= 0.3 is 5.97 Å². The van der Waals surface area contributed by atoms with Crippen LogP contribution in [-0.2, 0) is 24.3 Å². The summed E-state index contributed by atoms with van der Waals surface area (Å²) in [5.74, 6) is -1.29. The molecule has 1 saturated heterocycles. The van der Waals surface area contributed by atoms with E-state index in [-0.39, 0.29) is 35.8 Å². The monoisotopic (exact) mass is 366 g/mol. The summed E-state index contributed by atoms with van der Waals surface area (Å²) in [5, 5.41) is 2.73. The Morgan fingerprint density at radius 1 is 1.40 bits per heavy atom. The number of rotatable bonds is 4. The topological polar surface area (TPSA) is 92.8 Å². The average molecular weight is 366 g/mol.